The molecule has 1 aromatic heterocycles. The van der Waals surface area contributed by atoms with Gasteiger partial charge in [0, 0.05) is 37.7 Å². The molecule has 1 aromatic carbocycles. The summed E-state index contributed by atoms with van der Waals surface area (Å²) >= 11 is 0. The minimum absolute atomic E-state index is 0.0903. The highest BCUT2D eigenvalue weighted by Crippen LogP contribution is 2.38. The van der Waals surface area contributed by atoms with Crippen molar-refractivity contribution in [3.8, 4) is 0 Å². The van der Waals surface area contributed by atoms with Gasteiger partial charge in [0.1, 0.15) is 0 Å². The van der Waals surface area contributed by atoms with Crippen molar-refractivity contribution in [1.82, 2.24) is 19.9 Å². The number of amides is 1. The van der Waals surface area contributed by atoms with Crippen molar-refractivity contribution >= 4 is 5.91 Å². The summed E-state index contributed by atoms with van der Waals surface area (Å²) in [5.74, 6) is 2.65. The van der Waals surface area contributed by atoms with Crippen LogP contribution in [0.4, 0.5) is 0 Å². The number of nitrogens with zero attached hydrogens (tertiary/aromatic N) is 4. The zero-order chi connectivity index (χ0) is 19.0. The average Bonchev–Trinajstić information content (AvgIpc) is 3.44. The van der Waals surface area contributed by atoms with Gasteiger partial charge >= 0.3 is 0 Å². The molecule has 1 aliphatic carbocycles. The van der Waals surface area contributed by atoms with Crippen LogP contribution in [0.3, 0.4) is 0 Å². The van der Waals surface area contributed by atoms with E-state index in [0.717, 1.165) is 37.6 Å². The van der Waals surface area contributed by atoms with Crippen LogP contribution in [0.5, 0.6) is 0 Å². The third-order valence-corrected chi connectivity index (χ3v) is 5.73. The number of carbonyl (C=O) groups is 1. The quantitative estimate of drug-likeness (QED) is 0.807. The third-order valence-electron chi connectivity index (χ3n) is 5.73. The van der Waals surface area contributed by atoms with Crippen molar-refractivity contribution in [1.29, 1.82) is 0 Å². The first-order valence-corrected chi connectivity index (χ1v) is 9.99. The molecule has 1 atom stereocenters. The Bertz CT molecular complexity index is 787. The van der Waals surface area contributed by atoms with E-state index in [-0.39, 0.29) is 11.9 Å². The van der Waals surface area contributed by atoms with Gasteiger partial charge in [-0.2, -0.15) is 4.98 Å². The molecule has 6 heteroatoms. The van der Waals surface area contributed by atoms with Crippen LogP contribution >= 0.6 is 0 Å². The zero-order valence-electron chi connectivity index (χ0n) is 16.4. The Morgan fingerprint density at radius 2 is 1.74 bits per heavy atom. The molecule has 27 heavy (non-hydrogen) atoms. The van der Waals surface area contributed by atoms with Gasteiger partial charge in [0.25, 0.3) is 5.91 Å². The van der Waals surface area contributed by atoms with Crippen LogP contribution in [-0.4, -0.2) is 52.0 Å². The average molecular weight is 368 g/mol. The molecule has 2 heterocycles. The molecular weight excluding hydrogens is 340 g/mol. The van der Waals surface area contributed by atoms with E-state index in [2.05, 4.69) is 47.9 Å². The molecule has 2 aromatic rings. The van der Waals surface area contributed by atoms with Gasteiger partial charge in [-0.15, -0.1) is 0 Å². The molecular formula is C21H28N4O2. The lowest BCUT2D eigenvalue weighted by molar-refractivity contribution is 0.0551. The van der Waals surface area contributed by atoms with E-state index in [9.17, 15) is 4.79 Å². The molecule has 0 bridgehead atoms. The first-order valence-electron chi connectivity index (χ1n) is 9.99. The number of piperazine rings is 1. The predicted molar refractivity (Wildman–Crippen MR) is 103 cm³/mol. The van der Waals surface area contributed by atoms with Gasteiger partial charge in [0.2, 0.25) is 5.89 Å². The Labute approximate surface area is 160 Å². The molecule has 4 rings (SSSR count). The minimum Gasteiger partial charge on any atom is -0.338 e. The summed E-state index contributed by atoms with van der Waals surface area (Å²) in [5, 5.41) is 4.12. The van der Waals surface area contributed by atoms with Crippen LogP contribution in [0, 0.1) is 0 Å². The molecule has 0 spiro atoms. The molecule has 6 nitrogen and oxygen atoms in total. The molecule has 0 N–H and O–H groups in total. The van der Waals surface area contributed by atoms with E-state index in [1.807, 2.05) is 17.0 Å². The fraction of sp³-hybridized carbons (Fsp3) is 0.571. The van der Waals surface area contributed by atoms with Gasteiger partial charge in [-0.25, -0.2) is 0 Å². The second kappa shape index (κ2) is 7.43. The van der Waals surface area contributed by atoms with Crippen LogP contribution in [-0.2, 0) is 0 Å². The third kappa shape index (κ3) is 3.90. The fourth-order valence-electron chi connectivity index (χ4n) is 3.59. The molecule has 1 saturated heterocycles. The Morgan fingerprint density at radius 3 is 2.33 bits per heavy atom. The van der Waals surface area contributed by atoms with Gasteiger partial charge in [-0.3, -0.25) is 9.69 Å². The normalized spacial score (nSPS) is 19.5. The van der Waals surface area contributed by atoms with E-state index in [1.165, 1.54) is 18.4 Å². The Morgan fingerprint density at radius 1 is 1.07 bits per heavy atom. The lowest BCUT2D eigenvalue weighted by Gasteiger charge is -2.36. The summed E-state index contributed by atoms with van der Waals surface area (Å²) in [6, 6.07) is 8.11. The number of carbonyl (C=O) groups excluding carboxylic acids is 1. The smallest absolute Gasteiger partial charge is 0.253 e. The van der Waals surface area contributed by atoms with Crippen LogP contribution < -0.4 is 0 Å². The number of benzene rings is 1. The molecule has 144 valence electrons. The summed E-state index contributed by atoms with van der Waals surface area (Å²) in [7, 11) is 0. The van der Waals surface area contributed by atoms with E-state index in [4.69, 9.17) is 4.52 Å². The second-order valence-corrected chi connectivity index (χ2v) is 8.05. The number of hydrogen-bond donors (Lipinski definition) is 0. The van der Waals surface area contributed by atoms with E-state index < -0.39 is 0 Å². The highest BCUT2D eigenvalue weighted by molar-refractivity contribution is 5.94. The Balaban J connectivity index is 1.34. The minimum atomic E-state index is 0.0903. The maximum atomic E-state index is 12.8. The molecule has 1 unspecified atom stereocenters. The largest absolute Gasteiger partial charge is 0.338 e. The lowest BCUT2D eigenvalue weighted by Crippen LogP contribution is -2.49. The van der Waals surface area contributed by atoms with Crippen molar-refractivity contribution in [3.63, 3.8) is 0 Å². The summed E-state index contributed by atoms with van der Waals surface area (Å²) < 4.78 is 5.47. The fourth-order valence-corrected chi connectivity index (χ4v) is 3.59. The van der Waals surface area contributed by atoms with Crippen molar-refractivity contribution in [2.75, 3.05) is 26.2 Å². The SMILES string of the molecule is CC(C)c1ccc(C(=O)N2CCN(C(C)c3nc(C4CC4)no3)CC2)cc1. The first-order chi connectivity index (χ1) is 13.0. The summed E-state index contributed by atoms with van der Waals surface area (Å²) in [5.41, 5.74) is 2.03. The first kappa shape index (κ1) is 18.2. The summed E-state index contributed by atoms with van der Waals surface area (Å²) in [6.07, 6.45) is 2.35. The Hall–Kier alpha value is -2.21. The molecule has 1 amide bonds. The number of hydrogen-bond acceptors (Lipinski definition) is 5. The highest BCUT2D eigenvalue weighted by atomic mass is 16.5. The standard InChI is InChI=1S/C21H28N4O2/c1-14(2)16-4-8-18(9-5-16)21(26)25-12-10-24(11-13-25)15(3)20-22-19(23-27-20)17-6-7-17/h4-5,8-9,14-15,17H,6-7,10-13H2,1-3H3. The lowest BCUT2D eigenvalue weighted by atomic mass is 10.0. The van der Waals surface area contributed by atoms with Crippen molar-refractivity contribution in [3.05, 3.63) is 47.1 Å². The van der Waals surface area contributed by atoms with Crippen LogP contribution in [0.1, 0.15) is 79.1 Å². The number of rotatable bonds is 5. The molecule has 1 saturated carbocycles. The van der Waals surface area contributed by atoms with Gasteiger partial charge in [0.05, 0.1) is 6.04 Å². The van der Waals surface area contributed by atoms with Crippen LogP contribution in [0.25, 0.3) is 0 Å². The van der Waals surface area contributed by atoms with Crippen molar-refractivity contribution in [2.45, 2.75) is 51.5 Å². The molecule has 1 aliphatic heterocycles. The zero-order valence-corrected chi connectivity index (χ0v) is 16.4. The highest BCUT2D eigenvalue weighted by Gasteiger charge is 2.32. The maximum Gasteiger partial charge on any atom is 0.253 e. The van der Waals surface area contributed by atoms with E-state index in [1.54, 1.807) is 0 Å². The topological polar surface area (TPSA) is 62.5 Å². The van der Waals surface area contributed by atoms with Gasteiger partial charge in [-0.1, -0.05) is 31.1 Å². The van der Waals surface area contributed by atoms with E-state index >= 15 is 0 Å². The van der Waals surface area contributed by atoms with Crippen molar-refractivity contribution < 1.29 is 9.32 Å². The van der Waals surface area contributed by atoms with Crippen LogP contribution in [0.15, 0.2) is 28.8 Å². The van der Waals surface area contributed by atoms with Crippen LogP contribution in [0.2, 0.25) is 0 Å². The molecule has 2 aliphatic rings. The van der Waals surface area contributed by atoms with Gasteiger partial charge in [-0.05, 0) is 43.4 Å². The summed E-state index contributed by atoms with van der Waals surface area (Å²) in [6.45, 7) is 9.50. The van der Waals surface area contributed by atoms with E-state index in [0.29, 0.717) is 17.7 Å². The van der Waals surface area contributed by atoms with Gasteiger partial charge in [0.15, 0.2) is 5.82 Å². The molecule has 2 fully saturated rings. The second-order valence-electron chi connectivity index (χ2n) is 8.05. The summed E-state index contributed by atoms with van der Waals surface area (Å²) in [4.78, 5) is 21.6. The van der Waals surface area contributed by atoms with Crippen molar-refractivity contribution in [2.24, 2.45) is 0 Å². The predicted octanol–water partition coefficient (Wildman–Crippen LogP) is 3.59. The monoisotopic (exact) mass is 368 g/mol. The maximum absolute atomic E-state index is 12.8. The molecule has 0 radical (unpaired) electrons. The van der Waals surface area contributed by atoms with Gasteiger partial charge < -0.3 is 9.42 Å². The Kier molecular flexibility index (Phi) is 5.00. The number of aromatic nitrogens is 2.